The Kier molecular flexibility index (Phi) is 2.54. The summed E-state index contributed by atoms with van der Waals surface area (Å²) in [6, 6.07) is 1.92. The van der Waals surface area contributed by atoms with Crippen LogP contribution < -0.4 is 5.73 Å². The van der Waals surface area contributed by atoms with Crippen molar-refractivity contribution in [3.63, 3.8) is 0 Å². The molecule has 0 fully saturated rings. The van der Waals surface area contributed by atoms with Crippen LogP contribution in [-0.2, 0) is 12.8 Å². The van der Waals surface area contributed by atoms with Crippen molar-refractivity contribution in [2.24, 2.45) is 0 Å². The Hall–Kier alpha value is -1.91. The van der Waals surface area contributed by atoms with Gasteiger partial charge in [-0.1, -0.05) is 0 Å². The summed E-state index contributed by atoms with van der Waals surface area (Å²) >= 11 is 0. The quantitative estimate of drug-likeness (QED) is 0.828. The predicted octanol–water partition coefficient (Wildman–Crippen LogP) is 1.74. The van der Waals surface area contributed by atoms with E-state index in [0.717, 1.165) is 41.7 Å². The van der Waals surface area contributed by atoms with Crippen molar-refractivity contribution in [1.29, 1.82) is 0 Å². The number of aryl methyl sites for hydroxylation is 3. The molecule has 2 aromatic heterocycles. The average Bonchev–Trinajstić information content (AvgIpc) is 2.66. The molecule has 2 N–H and O–H groups in total. The molecule has 3 rings (SSSR count). The van der Waals surface area contributed by atoms with Gasteiger partial charge in [0.05, 0.1) is 5.69 Å². The Bertz CT molecular complexity index is 579. The Balaban J connectivity index is 2.14. The van der Waals surface area contributed by atoms with Gasteiger partial charge < -0.3 is 5.73 Å². The minimum absolute atomic E-state index is 0.738. The molecule has 0 bridgehead atoms. The maximum atomic E-state index is 6.20. The van der Waals surface area contributed by atoms with E-state index < -0.39 is 0 Å². The number of fused-ring (bicyclic) bond motifs is 1. The van der Waals surface area contributed by atoms with Crippen LogP contribution in [0.3, 0.4) is 0 Å². The molecule has 0 aromatic carbocycles. The number of hydrogen-bond donors (Lipinski definition) is 1. The second-order valence-corrected chi connectivity index (χ2v) is 4.84. The van der Waals surface area contributed by atoms with E-state index in [4.69, 9.17) is 5.73 Å². The molecule has 18 heavy (non-hydrogen) atoms. The topological polar surface area (TPSA) is 69.6 Å². The van der Waals surface area contributed by atoms with Gasteiger partial charge in [-0.2, -0.15) is 9.78 Å². The highest BCUT2D eigenvalue weighted by Crippen LogP contribution is 2.27. The maximum Gasteiger partial charge on any atom is 0.159 e. The molecule has 0 aliphatic heterocycles. The lowest BCUT2D eigenvalue weighted by Crippen LogP contribution is -2.07. The number of rotatable bonds is 1. The lowest BCUT2D eigenvalue weighted by Gasteiger charge is -2.08. The Morgan fingerprint density at radius 1 is 1.17 bits per heavy atom. The van der Waals surface area contributed by atoms with E-state index in [2.05, 4.69) is 15.1 Å². The van der Waals surface area contributed by atoms with Gasteiger partial charge >= 0.3 is 0 Å². The van der Waals surface area contributed by atoms with E-state index in [-0.39, 0.29) is 0 Å². The van der Waals surface area contributed by atoms with Crippen LogP contribution in [0, 0.1) is 13.8 Å². The van der Waals surface area contributed by atoms with Crippen molar-refractivity contribution in [2.75, 3.05) is 5.73 Å². The largest absolute Gasteiger partial charge is 0.383 e. The van der Waals surface area contributed by atoms with Gasteiger partial charge in [-0.05, 0) is 39.5 Å². The lowest BCUT2D eigenvalue weighted by atomic mass is 9.98. The third kappa shape index (κ3) is 1.75. The molecule has 0 amide bonds. The second kappa shape index (κ2) is 4.08. The molecule has 0 spiro atoms. The fraction of sp³-hybridized carbons (Fsp3) is 0.462. The van der Waals surface area contributed by atoms with Gasteiger partial charge in [0.15, 0.2) is 5.82 Å². The van der Waals surface area contributed by atoms with E-state index >= 15 is 0 Å². The van der Waals surface area contributed by atoms with E-state index in [1.54, 1.807) is 4.68 Å². The van der Waals surface area contributed by atoms with Crippen molar-refractivity contribution >= 4 is 5.82 Å². The summed E-state index contributed by atoms with van der Waals surface area (Å²) in [6.45, 7) is 3.84. The molecule has 0 saturated heterocycles. The summed E-state index contributed by atoms with van der Waals surface area (Å²) in [6.07, 6.45) is 4.45. The average molecular weight is 243 g/mol. The summed E-state index contributed by atoms with van der Waals surface area (Å²) in [5.74, 6) is 2.26. The molecular formula is C13H17N5. The van der Waals surface area contributed by atoms with Crippen LogP contribution in [0.5, 0.6) is 0 Å². The zero-order valence-electron chi connectivity index (χ0n) is 10.8. The number of nitrogen functional groups attached to an aromatic ring is 1. The molecule has 0 radical (unpaired) electrons. The van der Waals surface area contributed by atoms with Crippen LogP contribution in [-0.4, -0.2) is 19.7 Å². The van der Waals surface area contributed by atoms with Crippen LogP contribution in [0.25, 0.3) is 5.82 Å². The number of hydrogen-bond acceptors (Lipinski definition) is 4. The summed E-state index contributed by atoms with van der Waals surface area (Å²) in [5, 5.41) is 4.60. The van der Waals surface area contributed by atoms with E-state index in [9.17, 15) is 0 Å². The SMILES string of the molecule is Cc1cc(-n2nc3c(c2N)CCCC3)nc(C)n1. The third-order valence-electron chi connectivity index (χ3n) is 3.37. The van der Waals surface area contributed by atoms with Gasteiger partial charge in [0.1, 0.15) is 11.6 Å². The molecule has 0 atom stereocenters. The second-order valence-electron chi connectivity index (χ2n) is 4.84. The molecule has 0 unspecified atom stereocenters. The first kappa shape index (κ1) is 11.2. The monoisotopic (exact) mass is 243 g/mol. The standard InChI is InChI=1S/C13H17N5/c1-8-7-12(16-9(2)15-8)18-13(14)10-5-3-4-6-11(10)17-18/h7H,3-6,14H2,1-2H3. The molecule has 1 aliphatic carbocycles. The van der Waals surface area contributed by atoms with Crippen LogP contribution in [0.4, 0.5) is 5.82 Å². The summed E-state index contributed by atoms with van der Waals surface area (Å²) in [7, 11) is 0. The van der Waals surface area contributed by atoms with Crippen LogP contribution in [0.2, 0.25) is 0 Å². The lowest BCUT2D eigenvalue weighted by molar-refractivity contribution is 0.670. The first-order valence-corrected chi connectivity index (χ1v) is 6.34. The maximum absolute atomic E-state index is 6.20. The van der Waals surface area contributed by atoms with Gasteiger partial charge in [0, 0.05) is 17.3 Å². The first-order chi connectivity index (χ1) is 8.65. The van der Waals surface area contributed by atoms with Crippen molar-refractivity contribution in [2.45, 2.75) is 39.5 Å². The van der Waals surface area contributed by atoms with Crippen molar-refractivity contribution in [3.8, 4) is 5.82 Å². The van der Waals surface area contributed by atoms with Gasteiger partial charge in [0.25, 0.3) is 0 Å². The minimum Gasteiger partial charge on any atom is -0.383 e. The molecule has 5 heteroatoms. The Morgan fingerprint density at radius 3 is 2.67 bits per heavy atom. The third-order valence-corrected chi connectivity index (χ3v) is 3.37. The number of anilines is 1. The minimum atomic E-state index is 0.738. The Labute approximate surface area is 106 Å². The van der Waals surface area contributed by atoms with Crippen LogP contribution in [0.1, 0.15) is 35.6 Å². The highest BCUT2D eigenvalue weighted by molar-refractivity contribution is 5.49. The normalized spacial score (nSPS) is 14.6. The zero-order chi connectivity index (χ0) is 12.7. The summed E-state index contributed by atoms with van der Waals surface area (Å²) in [4.78, 5) is 8.70. The first-order valence-electron chi connectivity index (χ1n) is 6.34. The van der Waals surface area contributed by atoms with Gasteiger partial charge in [0.2, 0.25) is 0 Å². The number of aromatic nitrogens is 4. The van der Waals surface area contributed by atoms with E-state index in [0.29, 0.717) is 0 Å². The molecule has 5 nitrogen and oxygen atoms in total. The van der Waals surface area contributed by atoms with Gasteiger partial charge in [-0.3, -0.25) is 0 Å². The predicted molar refractivity (Wildman–Crippen MR) is 69.7 cm³/mol. The summed E-state index contributed by atoms with van der Waals surface area (Å²) < 4.78 is 1.76. The molecule has 1 aliphatic rings. The van der Waals surface area contributed by atoms with E-state index in [1.165, 1.54) is 18.4 Å². The highest BCUT2D eigenvalue weighted by Gasteiger charge is 2.20. The number of nitrogens with zero attached hydrogens (tertiary/aromatic N) is 4. The fourth-order valence-electron chi connectivity index (χ4n) is 2.56. The van der Waals surface area contributed by atoms with Crippen molar-refractivity contribution in [3.05, 3.63) is 28.8 Å². The molecule has 94 valence electrons. The molecular weight excluding hydrogens is 226 g/mol. The van der Waals surface area contributed by atoms with Crippen LogP contribution in [0.15, 0.2) is 6.07 Å². The fourth-order valence-corrected chi connectivity index (χ4v) is 2.56. The smallest absolute Gasteiger partial charge is 0.159 e. The molecule has 0 saturated carbocycles. The Morgan fingerprint density at radius 2 is 1.94 bits per heavy atom. The summed E-state index contributed by atoms with van der Waals surface area (Å²) in [5.41, 5.74) is 9.47. The van der Waals surface area contributed by atoms with Gasteiger partial charge in [-0.15, -0.1) is 0 Å². The van der Waals surface area contributed by atoms with Crippen molar-refractivity contribution < 1.29 is 0 Å². The highest BCUT2D eigenvalue weighted by atomic mass is 15.3. The van der Waals surface area contributed by atoms with Gasteiger partial charge in [-0.25, -0.2) is 9.97 Å². The zero-order valence-corrected chi connectivity index (χ0v) is 10.8. The van der Waals surface area contributed by atoms with E-state index in [1.807, 2.05) is 19.9 Å². The van der Waals surface area contributed by atoms with Crippen molar-refractivity contribution in [1.82, 2.24) is 19.7 Å². The number of nitrogens with two attached hydrogens (primary N) is 1. The molecule has 2 heterocycles. The molecule has 2 aromatic rings. The van der Waals surface area contributed by atoms with Crippen LogP contribution >= 0.6 is 0 Å².